The monoisotopic (exact) mass is 316 g/mol. The van der Waals surface area contributed by atoms with Crippen LogP contribution >= 0.6 is 15.9 Å². The maximum atomic E-state index is 10.6. The van der Waals surface area contributed by atoms with Crippen LogP contribution in [0.5, 0.6) is 0 Å². The molecule has 18 heavy (non-hydrogen) atoms. The van der Waals surface area contributed by atoms with Crippen LogP contribution in [0.4, 0.5) is 11.4 Å². The molecule has 6 heteroatoms. The molecule has 0 radical (unpaired) electrons. The van der Waals surface area contributed by atoms with E-state index in [-0.39, 0.29) is 5.69 Å². The molecule has 5 nitrogen and oxygen atoms in total. The summed E-state index contributed by atoms with van der Waals surface area (Å²) in [6, 6.07) is 4.65. The Kier molecular flexibility index (Phi) is 6.67. The first-order valence-electron chi connectivity index (χ1n) is 5.90. The summed E-state index contributed by atoms with van der Waals surface area (Å²) in [5, 5.41) is 13.7. The van der Waals surface area contributed by atoms with Crippen molar-refractivity contribution in [2.75, 3.05) is 25.1 Å². The van der Waals surface area contributed by atoms with Crippen molar-refractivity contribution in [2.45, 2.75) is 19.8 Å². The molecule has 0 amide bonds. The van der Waals surface area contributed by atoms with Crippen molar-refractivity contribution in [1.29, 1.82) is 0 Å². The lowest BCUT2D eigenvalue weighted by atomic mass is 10.3. The Labute approximate surface area is 115 Å². The van der Waals surface area contributed by atoms with Crippen LogP contribution in [0.2, 0.25) is 0 Å². The zero-order chi connectivity index (χ0) is 13.4. The summed E-state index contributed by atoms with van der Waals surface area (Å²) in [7, 11) is 0. The molecule has 0 saturated heterocycles. The van der Waals surface area contributed by atoms with Crippen LogP contribution in [0.1, 0.15) is 19.8 Å². The summed E-state index contributed by atoms with van der Waals surface area (Å²) < 4.78 is 6.10. The van der Waals surface area contributed by atoms with Crippen LogP contribution in [0.3, 0.4) is 0 Å². The fraction of sp³-hybridized carbons (Fsp3) is 0.500. The van der Waals surface area contributed by atoms with Gasteiger partial charge in [-0.15, -0.1) is 0 Å². The van der Waals surface area contributed by atoms with Gasteiger partial charge in [-0.1, -0.05) is 13.3 Å². The van der Waals surface area contributed by atoms with Gasteiger partial charge in [-0.2, -0.15) is 0 Å². The minimum absolute atomic E-state index is 0.0756. The topological polar surface area (TPSA) is 64.4 Å². The summed E-state index contributed by atoms with van der Waals surface area (Å²) in [5.74, 6) is 0. The molecule has 0 unspecified atom stereocenters. The largest absolute Gasteiger partial charge is 0.382 e. The molecule has 0 saturated carbocycles. The second kappa shape index (κ2) is 8.05. The number of non-ortho nitro benzene ring substituents is 1. The van der Waals surface area contributed by atoms with Gasteiger partial charge in [0.2, 0.25) is 0 Å². The quantitative estimate of drug-likeness (QED) is 0.452. The van der Waals surface area contributed by atoms with Gasteiger partial charge in [0.1, 0.15) is 0 Å². The molecule has 0 fully saturated rings. The average Bonchev–Trinajstić information content (AvgIpc) is 2.35. The fourth-order valence-corrected chi connectivity index (χ4v) is 1.87. The van der Waals surface area contributed by atoms with Gasteiger partial charge in [0.05, 0.1) is 11.5 Å². The third-order valence-electron chi connectivity index (χ3n) is 2.37. The molecule has 1 rings (SSSR count). The Morgan fingerprint density at radius 2 is 2.22 bits per heavy atom. The molecular formula is C12H17BrN2O3. The maximum Gasteiger partial charge on any atom is 0.270 e. The predicted octanol–water partition coefficient (Wildman–Crippen LogP) is 3.59. The van der Waals surface area contributed by atoms with Gasteiger partial charge in [0, 0.05) is 35.4 Å². The minimum Gasteiger partial charge on any atom is -0.382 e. The van der Waals surface area contributed by atoms with Crippen LogP contribution < -0.4 is 5.32 Å². The zero-order valence-corrected chi connectivity index (χ0v) is 11.9. The van der Waals surface area contributed by atoms with Crippen molar-refractivity contribution >= 4 is 27.3 Å². The minimum atomic E-state index is -0.414. The highest BCUT2D eigenvalue weighted by Gasteiger charge is 2.08. The van der Waals surface area contributed by atoms with E-state index in [0.717, 1.165) is 25.1 Å². The van der Waals surface area contributed by atoms with Gasteiger partial charge in [-0.3, -0.25) is 10.1 Å². The maximum absolute atomic E-state index is 10.6. The highest BCUT2D eigenvalue weighted by Crippen LogP contribution is 2.26. The molecule has 0 spiro atoms. The summed E-state index contributed by atoms with van der Waals surface area (Å²) in [5.41, 5.74) is 0.909. The molecule has 1 aromatic carbocycles. The van der Waals surface area contributed by atoms with Crippen LogP contribution in [0, 0.1) is 10.1 Å². The predicted molar refractivity (Wildman–Crippen MR) is 75.0 cm³/mol. The van der Waals surface area contributed by atoms with E-state index in [4.69, 9.17) is 4.74 Å². The molecule has 1 aromatic rings. The molecule has 0 aliphatic carbocycles. The van der Waals surface area contributed by atoms with E-state index in [2.05, 4.69) is 28.2 Å². The van der Waals surface area contributed by atoms with Crippen molar-refractivity contribution in [3.63, 3.8) is 0 Å². The van der Waals surface area contributed by atoms with Gasteiger partial charge in [-0.25, -0.2) is 0 Å². The zero-order valence-electron chi connectivity index (χ0n) is 10.3. The standard InChI is InChI=1S/C12H17BrN2O3/c1-2-3-7-18-8-6-14-12-5-4-10(15(16)17)9-11(12)13/h4-5,9,14H,2-3,6-8H2,1H3. The van der Waals surface area contributed by atoms with Crippen molar-refractivity contribution in [1.82, 2.24) is 0 Å². The highest BCUT2D eigenvalue weighted by atomic mass is 79.9. The van der Waals surface area contributed by atoms with Crippen LogP contribution in [-0.2, 0) is 4.74 Å². The molecule has 0 aliphatic rings. The Morgan fingerprint density at radius 1 is 1.44 bits per heavy atom. The summed E-state index contributed by atoms with van der Waals surface area (Å²) >= 11 is 3.30. The van der Waals surface area contributed by atoms with Gasteiger partial charge in [0.15, 0.2) is 0 Å². The van der Waals surface area contributed by atoms with Crippen LogP contribution in [0.25, 0.3) is 0 Å². The first-order chi connectivity index (χ1) is 8.65. The first-order valence-corrected chi connectivity index (χ1v) is 6.70. The third kappa shape index (κ3) is 5.01. The number of ether oxygens (including phenoxy) is 1. The number of nitrogens with one attached hydrogen (secondary N) is 1. The second-order valence-corrected chi connectivity index (χ2v) is 4.67. The Morgan fingerprint density at radius 3 is 2.83 bits per heavy atom. The molecule has 0 aliphatic heterocycles. The van der Waals surface area contributed by atoms with E-state index < -0.39 is 4.92 Å². The van der Waals surface area contributed by atoms with Crippen molar-refractivity contribution in [3.05, 3.63) is 32.8 Å². The third-order valence-corrected chi connectivity index (χ3v) is 3.02. The number of rotatable bonds is 8. The first kappa shape index (κ1) is 14.9. The molecule has 1 N–H and O–H groups in total. The molecule has 0 bridgehead atoms. The number of benzene rings is 1. The van der Waals surface area contributed by atoms with Crippen molar-refractivity contribution in [3.8, 4) is 0 Å². The van der Waals surface area contributed by atoms with Crippen LogP contribution in [-0.4, -0.2) is 24.7 Å². The second-order valence-electron chi connectivity index (χ2n) is 3.81. The number of unbranched alkanes of at least 4 members (excludes halogenated alkanes) is 1. The van der Waals surface area contributed by atoms with Crippen molar-refractivity contribution in [2.24, 2.45) is 0 Å². The molecule has 100 valence electrons. The van der Waals surface area contributed by atoms with Crippen LogP contribution in [0.15, 0.2) is 22.7 Å². The van der Waals surface area contributed by atoms with E-state index in [1.54, 1.807) is 6.07 Å². The molecule has 0 atom stereocenters. The normalized spacial score (nSPS) is 10.3. The highest BCUT2D eigenvalue weighted by molar-refractivity contribution is 9.10. The summed E-state index contributed by atoms with van der Waals surface area (Å²) in [4.78, 5) is 10.2. The molecular weight excluding hydrogens is 300 g/mol. The van der Waals surface area contributed by atoms with E-state index >= 15 is 0 Å². The number of halogens is 1. The van der Waals surface area contributed by atoms with E-state index in [1.807, 2.05) is 0 Å². The lowest BCUT2D eigenvalue weighted by Gasteiger charge is -2.08. The molecule has 0 aromatic heterocycles. The fourth-order valence-electron chi connectivity index (χ4n) is 1.37. The number of anilines is 1. The SMILES string of the molecule is CCCCOCCNc1ccc([N+](=O)[O-])cc1Br. The van der Waals surface area contributed by atoms with Gasteiger partial charge in [0.25, 0.3) is 5.69 Å². The lowest BCUT2D eigenvalue weighted by molar-refractivity contribution is -0.384. The molecule has 0 heterocycles. The van der Waals surface area contributed by atoms with Gasteiger partial charge >= 0.3 is 0 Å². The number of hydrogen-bond donors (Lipinski definition) is 1. The Bertz CT molecular complexity index is 399. The summed E-state index contributed by atoms with van der Waals surface area (Å²) in [6.07, 6.45) is 2.20. The summed E-state index contributed by atoms with van der Waals surface area (Å²) in [6.45, 7) is 4.21. The Balaban J connectivity index is 2.36. The lowest BCUT2D eigenvalue weighted by Crippen LogP contribution is -2.10. The Hall–Kier alpha value is -1.14. The van der Waals surface area contributed by atoms with E-state index in [0.29, 0.717) is 17.6 Å². The van der Waals surface area contributed by atoms with Gasteiger partial charge < -0.3 is 10.1 Å². The number of nitro groups is 1. The van der Waals surface area contributed by atoms with Gasteiger partial charge in [-0.05, 0) is 28.4 Å². The number of hydrogen-bond acceptors (Lipinski definition) is 4. The van der Waals surface area contributed by atoms with E-state index in [9.17, 15) is 10.1 Å². The van der Waals surface area contributed by atoms with E-state index in [1.165, 1.54) is 12.1 Å². The smallest absolute Gasteiger partial charge is 0.270 e. The number of nitrogens with zero attached hydrogens (tertiary/aromatic N) is 1. The average molecular weight is 317 g/mol. The number of nitro benzene ring substituents is 1. The van der Waals surface area contributed by atoms with Crippen molar-refractivity contribution < 1.29 is 9.66 Å².